The van der Waals surface area contributed by atoms with E-state index in [4.69, 9.17) is 4.74 Å². The fourth-order valence-corrected chi connectivity index (χ4v) is 2.49. The van der Waals surface area contributed by atoms with Crippen molar-refractivity contribution in [2.45, 2.75) is 6.92 Å². The van der Waals surface area contributed by atoms with E-state index in [0.717, 1.165) is 16.7 Å². The van der Waals surface area contributed by atoms with Crippen molar-refractivity contribution in [1.82, 2.24) is 20.3 Å². The van der Waals surface area contributed by atoms with Crippen LogP contribution in [0.4, 0.5) is 5.82 Å². The first-order valence-corrected chi connectivity index (χ1v) is 8.47. The Hall–Kier alpha value is -3.73. The highest BCUT2D eigenvalue weighted by atomic mass is 16.5. The van der Waals surface area contributed by atoms with E-state index in [9.17, 15) is 10.1 Å². The lowest BCUT2D eigenvalue weighted by Crippen LogP contribution is -2.29. The highest BCUT2D eigenvalue weighted by Gasteiger charge is 2.09. The number of fused-ring (bicyclic) bond motifs is 1. The van der Waals surface area contributed by atoms with Gasteiger partial charge in [-0.05, 0) is 31.2 Å². The number of rotatable bonds is 7. The maximum atomic E-state index is 11.9. The van der Waals surface area contributed by atoms with Crippen molar-refractivity contribution in [3.8, 4) is 11.8 Å². The zero-order chi connectivity index (χ0) is 19.1. The molecule has 0 atom stereocenters. The third-order valence-electron chi connectivity index (χ3n) is 3.72. The number of anilines is 1. The summed E-state index contributed by atoms with van der Waals surface area (Å²) in [4.78, 5) is 24.2. The van der Waals surface area contributed by atoms with Gasteiger partial charge in [0.05, 0.1) is 23.9 Å². The van der Waals surface area contributed by atoms with Crippen LogP contribution in [0.5, 0.6) is 5.75 Å². The molecule has 0 saturated heterocycles. The molecule has 27 heavy (non-hydrogen) atoms. The molecule has 2 aromatic heterocycles. The van der Waals surface area contributed by atoms with E-state index in [1.807, 2.05) is 25.1 Å². The molecule has 1 aromatic carbocycles. The van der Waals surface area contributed by atoms with Crippen LogP contribution < -0.4 is 15.4 Å². The predicted molar refractivity (Wildman–Crippen MR) is 100 cm³/mol. The number of carbonyl (C=O) groups excluding carboxylic acids is 1. The van der Waals surface area contributed by atoms with Gasteiger partial charge in [0, 0.05) is 30.9 Å². The molecule has 8 nitrogen and oxygen atoms in total. The molecule has 3 aromatic rings. The van der Waals surface area contributed by atoms with E-state index in [-0.39, 0.29) is 11.6 Å². The number of nitrogens with zero attached hydrogens (tertiary/aromatic N) is 4. The second-order valence-electron chi connectivity index (χ2n) is 5.56. The van der Waals surface area contributed by atoms with Crippen molar-refractivity contribution in [2.24, 2.45) is 0 Å². The zero-order valence-electron chi connectivity index (χ0n) is 14.8. The number of benzene rings is 1. The number of aromatic nitrogens is 3. The molecule has 2 heterocycles. The maximum absolute atomic E-state index is 11.9. The maximum Gasteiger partial charge on any atom is 0.271 e. The van der Waals surface area contributed by atoms with Gasteiger partial charge in [-0.2, -0.15) is 5.26 Å². The van der Waals surface area contributed by atoms with Gasteiger partial charge in [-0.1, -0.05) is 0 Å². The van der Waals surface area contributed by atoms with Crippen molar-refractivity contribution in [2.75, 3.05) is 25.0 Å². The molecule has 0 saturated carbocycles. The number of amides is 1. The van der Waals surface area contributed by atoms with Crippen molar-refractivity contribution < 1.29 is 9.53 Å². The summed E-state index contributed by atoms with van der Waals surface area (Å²) in [6.07, 6.45) is 4.37. The minimum Gasteiger partial charge on any atom is -0.494 e. The molecule has 0 bridgehead atoms. The van der Waals surface area contributed by atoms with E-state index in [1.165, 1.54) is 18.6 Å². The summed E-state index contributed by atoms with van der Waals surface area (Å²) >= 11 is 0. The average molecular weight is 362 g/mol. The van der Waals surface area contributed by atoms with Gasteiger partial charge in [0.25, 0.3) is 5.91 Å². The van der Waals surface area contributed by atoms with Crippen LogP contribution in [-0.2, 0) is 0 Å². The molecule has 3 rings (SSSR count). The van der Waals surface area contributed by atoms with Crippen LogP contribution in [0.3, 0.4) is 0 Å². The molecular weight excluding hydrogens is 344 g/mol. The van der Waals surface area contributed by atoms with Gasteiger partial charge < -0.3 is 15.4 Å². The number of nitriles is 1. The molecule has 8 heteroatoms. The Balaban J connectivity index is 1.65. The van der Waals surface area contributed by atoms with Gasteiger partial charge in [-0.15, -0.1) is 0 Å². The van der Waals surface area contributed by atoms with Crippen LogP contribution >= 0.6 is 0 Å². The highest BCUT2D eigenvalue weighted by Crippen LogP contribution is 2.24. The number of carbonyl (C=O) groups is 1. The van der Waals surface area contributed by atoms with Crippen LogP contribution in [0.1, 0.15) is 23.0 Å². The fourth-order valence-electron chi connectivity index (χ4n) is 2.49. The summed E-state index contributed by atoms with van der Waals surface area (Å²) in [6.45, 7) is 3.25. The van der Waals surface area contributed by atoms with Crippen LogP contribution in [0, 0.1) is 11.3 Å². The number of nitrogens with one attached hydrogen (secondary N) is 2. The molecule has 0 aliphatic heterocycles. The molecule has 0 radical (unpaired) electrons. The monoisotopic (exact) mass is 362 g/mol. The van der Waals surface area contributed by atoms with Crippen molar-refractivity contribution in [1.29, 1.82) is 5.26 Å². The molecule has 0 aliphatic rings. The molecule has 136 valence electrons. The summed E-state index contributed by atoms with van der Waals surface area (Å²) in [5.74, 6) is 0.909. The first kappa shape index (κ1) is 18.1. The smallest absolute Gasteiger partial charge is 0.271 e. The molecule has 0 unspecified atom stereocenters. The lowest BCUT2D eigenvalue weighted by molar-refractivity contribution is 0.0950. The Labute approximate surface area is 156 Å². The number of hydrogen-bond acceptors (Lipinski definition) is 7. The molecule has 0 fully saturated rings. The number of hydrogen-bond donors (Lipinski definition) is 2. The molecule has 0 spiro atoms. The van der Waals surface area contributed by atoms with Gasteiger partial charge in [-0.3, -0.25) is 9.78 Å². The summed E-state index contributed by atoms with van der Waals surface area (Å²) in [7, 11) is 0. The van der Waals surface area contributed by atoms with E-state index in [1.54, 1.807) is 6.07 Å². The third kappa shape index (κ3) is 4.46. The van der Waals surface area contributed by atoms with Crippen LogP contribution in [0.15, 0.2) is 42.9 Å². The Kier molecular flexibility index (Phi) is 5.74. The summed E-state index contributed by atoms with van der Waals surface area (Å²) in [6, 6.07) is 9.46. The highest BCUT2D eigenvalue weighted by molar-refractivity contribution is 5.91. The summed E-state index contributed by atoms with van der Waals surface area (Å²) in [5, 5.41) is 16.1. The lowest BCUT2D eigenvalue weighted by atomic mass is 10.1. The zero-order valence-corrected chi connectivity index (χ0v) is 14.8. The summed E-state index contributed by atoms with van der Waals surface area (Å²) in [5.41, 5.74) is 1.43. The predicted octanol–water partition coefficient (Wildman–Crippen LogP) is 2.14. The van der Waals surface area contributed by atoms with E-state index in [2.05, 4.69) is 31.7 Å². The van der Waals surface area contributed by atoms with Gasteiger partial charge >= 0.3 is 0 Å². The standard InChI is InChI=1S/C19H18N6O2/c1-2-27-15-3-4-16-13(10-15)9-14(11-20)18(25-16)23-7-8-24-19(26)17-12-21-5-6-22-17/h3-6,9-10,12H,2,7-8H2,1H3,(H,23,25)(H,24,26). The Morgan fingerprint density at radius 1 is 1.26 bits per heavy atom. The van der Waals surface area contributed by atoms with Gasteiger partial charge in [-0.25, -0.2) is 9.97 Å². The van der Waals surface area contributed by atoms with E-state index in [0.29, 0.717) is 31.1 Å². The molecule has 1 amide bonds. The van der Waals surface area contributed by atoms with Crippen molar-refractivity contribution in [3.63, 3.8) is 0 Å². The SMILES string of the molecule is CCOc1ccc2nc(NCCNC(=O)c3cnccn3)c(C#N)cc2c1. The minimum absolute atomic E-state index is 0.254. The number of ether oxygens (including phenoxy) is 1. The summed E-state index contributed by atoms with van der Waals surface area (Å²) < 4.78 is 5.48. The van der Waals surface area contributed by atoms with E-state index >= 15 is 0 Å². The lowest BCUT2D eigenvalue weighted by Gasteiger charge is -2.10. The first-order valence-electron chi connectivity index (χ1n) is 8.47. The van der Waals surface area contributed by atoms with E-state index < -0.39 is 0 Å². The number of pyridine rings is 1. The third-order valence-corrected chi connectivity index (χ3v) is 3.72. The Morgan fingerprint density at radius 2 is 2.15 bits per heavy atom. The molecule has 0 aliphatic carbocycles. The second-order valence-corrected chi connectivity index (χ2v) is 5.56. The topological polar surface area (TPSA) is 113 Å². The molecular formula is C19H18N6O2. The van der Waals surface area contributed by atoms with Crippen molar-refractivity contribution in [3.05, 3.63) is 54.1 Å². The van der Waals surface area contributed by atoms with Gasteiger partial charge in [0.2, 0.25) is 0 Å². The van der Waals surface area contributed by atoms with Crippen molar-refractivity contribution >= 4 is 22.6 Å². The quantitative estimate of drug-likeness (QED) is 0.619. The van der Waals surface area contributed by atoms with Gasteiger partial charge in [0.15, 0.2) is 0 Å². The largest absolute Gasteiger partial charge is 0.494 e. The minimum atomic E-state index is -0.305. The first-order chi connectivity index (χ1) is 13.2. The van der Waals surface area contributed by atoms with Crippen LogP contribution in [-0.4, -0.2) is 40.6 Å². The fraction of sp³-hybridized carbons (Fsp3) is 0.211. The van der Waals surface area contributed by atoms with Gasteiger partial charge in [0.1, 0.15) is 23.3 Å². The second kappa shape index (κ2) is 8.58. The average Bonchev–Trinajstić information content (AvgIpc) is 2.71. The Bertz CT molecular complexity index is 985. The normalized spacial score (nSPS) is 10.2. The molecule has 2 N–H and O–H groups in total. The Morgan fingerprint density at radius 3 is 2.89 bits per heavy atom. The van der Waals surface area contributed by atoms with Crippen LogP contribution in [0.25, 0.3) is 10.9 Å². The van der Waals surface area contributed by atoms with Crippen LogP contribution in [0.2, 0.25) is 0 Å².